The highest BCUT2D eigenvalue weighted by Crippen LogP contribution is 2.21. The Morgan fingerprint density at radius 2 is 2.30 bits per heavy atom. The SMILES string of the molecule is CCn1nc(C)c(N)c1C(=O)NCCc1ccc(Cl)s1. The van der Waals surface area contributed by atoms with Gasteiger partial charge in [0.25, 0.3) is 5.91 Å². The van der Waals surface area contributed by atoms with E-state index in [0.29, 0.717) is 30.2 Å². The van der Waals surface area contributed by atoms with E-state index >= 15 is 0 Å². The number of hydrogen-bond acceptors (Lipinski definition) is 4. The van der Waals surface area contributed by atoms with E-state index in [0.717, 1.165) is 15.6 Å². The molecule has 108 valence electrons. The topological polar surface area (TPSA) is 72.9 Å². The van der Waals surface area contributed by atoms with Crippen LogP contribution in [0, 0.1) is 6.92 Å². The normalized spacial score (nSPS) is 10.8. The fourth-order valence-corrected chi connectivity index (χ4v) is 3.02. The Kier molecular flexibility index (Phi) is 4.67. The molecule has 0 aliphatic heterocycles. The Morgan fingerprint density at radius 1 is 1.55 bits per heavy atom. The number of amides is 1. The van der Waals surface area contributed by atoms with Crippen LogP contribution in [0.5, 0.6) is 0 Å². The van der Waals surface area contributed by atoms with E-state index in [-0.39, 0.29) is 5.91 Å². The Labute approximate surface area is 126 Å². The minimum Gasteiger partial charge on any atom is -0.395 e. The van der Waals surface area contributed by atoms with Gasteiger partial charge >= 0.3 is 0 Å². The number of nitrogens with zero attached hydrogens (tertiary/aromatic N) is 2. The highest BCUT2D eigenvalue weighted by molar-refractivity contribution is 7.16. The van der Waals surface area contributed by atoms with Gasteiger partial charge in [-0.2, -0.15) is 5.10 Å². The number of nitrogens with two attached hydrogens (primary N) is 1. The van der Waals surface area contributed by atoms with Gasteiger partial charge in [0.1, 0.15) is 5.69 Å². The highest BCUT2D eigenvalue weighted by atomic mass is 35.5. The molecule has 5 nitrogen and oxygen atoms in total. The molecule has 0 saturated heterocycles. The van der Waals surface area contributed by atoms with E-state index in [4.69, 9.17) is 17.3 Å². The quantitative estimate of drug-likeness (QED) is 0.891. The van der Waals surface area contributed by atoms with Crippen molar-refractivity contribution in [2.45, 2.75) is 26.8 Å². The van der Waals surface area contributed by atoms with Crippen LogP contribution in [-0.4, -0.2) is 22.2 Å². The van der Waals surface area contributed by atoms with Gasteiger partial charge in [-0.05, 0) is 32.4 Å². The van der Waals surface area contributed by atoms with Gasteiger partial charge in [-0.25, -0.2) is 0 Å². The van der Waals surface area contributed by atoms with E-state index in [2.05, 4.69) is 10.4 Å². The summed E-state index contributed by atoms with van der Waals surface area (Å²) >= 11 is 7.39. The molecule has 0 fully saturated rings. The molecule has 7 heteroatoms. The summed E-state index contributed by atoms with van der Waals surface area (Å²) in [4.78, 5) is 13.3. The summed E-state index contributed by atoms with van der Waals surface area (Å²) in [5.74, 6) is -0.187. The second kappa shape index (κ2) is 6.28. The third kappa shape index (κ3) is 3.13. The Bertz CT molecular complexity index is 620. The number of nitrogen functional groups attached to an aromatic ring is 1. The van der Waals surface area contributed by atoms with E-state index in [9.17, 15) is 4.79 Å². The summed E-state index contributed by atoms with van der Waals surface area (Å²) in [6.45, 7) is 4.88. The molecule has 2 heterocycles. The van der Waals surface area contributed by atoms with E-state index < -0.39 is 0 Å². The van der Waals surface area contributed by atoms with Crippen molar-refractivity contribution in [3.63, 3.8) is 0 Å². The third-order valence-corrected chi connectivity index (χ3v) is 4.27. The first kappa shape index (κ1) is 14.9. The largest absolute Gasteiger partial charge is 0.395 e. The van der Waals surface area contributed by atoms with Crippen molar-refractivity contribution in [1.29, 1.82) is 0 Å². The van der Waals surface area contributed by atoms with Crippen molar-refractivity contribution in [2.75, 3.05) is 12.3 Å². The first-order valence-electron chi connectivity index (χ1n) is 6.38. The van der Waals surface area contributed by atoms with Gasteiger partial charge in [0.05, 0.1) is 15.7 Å². The van der Waals surface area contributed by atoms with Crippen molar-refractivity contribution in [1.82, 2.24) is 15.1 Å². The van der Waals surface area contributed by atoms with Gasteiger partial charge in [-0.3, -0.25) is 9.48 Å². The van der Waals surface area contributed by atoms with Gasteiger partial charge in [0, 0.05) is 18.0 Å². The van der Waals surface area contributed by atoms with Crippen LogP contribution in [0.2, 0.25) is 4.34 Å². The molecule has 2 aromatic rings. The number of carbonyl (C=O) groups excluding carboxylic acids is 1. The minimum absolute atomic E-state index is 0.187. The molecule has 0 saturated carbocycles. The standard InChI is InChI=1S/C13H17ClN4OS/c1-3-18-12(11(15)8(2)17-18)13(19)16-7-6-9-4-5-10(14)20-9/h4-5H,3,6-7,15H2,1-2H3,(H,16,19). The predicted molar refractivity (Wildman–Crippen MR) is 82.4 cm³/mol. The van der Waals surface area contributed by atoms with Gasteiger partial charge < -0.3 is 11.1 Å². The van der Waals surface area contributed by atoms with Crippen LogP contribution in [0.1, 0.15) is 28.0 Å². The summed E-state index contributed by atoms with van der Waals surface area (Å²) in [6, 6.07) is 3.82. The molecule has 2 aromatic heterocycles. The summed E-state index contributed by atoms with van der Waals surface area (Å²) in [6.07, 6.45) is 0.752. The number of halogens is 1. The number of aromatic nitrogens is 2. The van der Waals surface area contributed by atoms with E-state index in [1.54, 1.807) is 11.6 Å². The Hall–Kier alpha value is -1.53. The molecule has 0 aliphatic carbocycles. The number of anilines is 1. The summed E-state index contributed by atoms with van der Waals surface area (Å²) < 4.78 is 2.39. The lowest BCUT2D eigenvalue weighted by Crippen LogP contribution is -2.28. The van der Waals surface area contributed by atoms with Crippen LogP contribution in [-0.2, 0) is 13.0 Å². The molecule has 20 heavy (non-hydrogen) atoms. The van der Waals surface area contributed by atoms with E-state index in [1.165, 1.54) is 11.3 Å². The van der Waals surface area contributed by atoms with Crippen LogP contribution in [0.15, 0.2) is 12.1 Å². The molecule has 0 unspecified atom stereocenters. The van der Waals surface area contributed by atoms with Gasteiger partial charge in [-0.1, -0.05) is 11.6 Å². The van der Waals surface area contributed by atoms with Gasteiger partial charge in [0.15, 0.2) is 0 Å². The second-order valence-electron chi connectivity index (χ2n) is 4.38. The molecule has 0 aromatic carbocycles. The smallest absolute Gasteiger partial charge is 0.271 e. The molecule has 0 aliphatic rings. The molecular formula is C13H17ClN4OS. The van der Waals surface area contributed by atoms with Crippen molar-refractivity contribution in [3.8, 4) is 0 Å². The fraction of sp³-hybridized carbons (Fsp3) is 0.385. The van der Waals surface area contributed by atoms with Crippen LogP contribution in [0.4, 0.5) is 5.69 Å². The molecule has 0 radical (unpaired) electrons. The lowest BCUT2D eigenvalue weighted by atomic mass is 10.2. The molecule has 2 rings (SSSR count). The average molecular weight is 313 g/mol. The molecule has 0 atom stereocenters. The number of thiophene rings is 1. The third-order valence-electron chi connectivity index (χ3n) is 2.97. The zero-order valence-electron chi connectivity index (χ0n) is 11.4. The number of nitrogens with one attached hydrogen (secondary N) is 1. The van der Waals surface area contributed by atoms with Crippen molar-refractivity contribution < 1.29 is 4.79 Å². The maximum Gasteiger partial charge on any atom is 0.271 e. The van der Waals surface area contributed by atoms with Crippen LogP contribution in [0.25, 0.3) is 0 Å². The lowest BCUT2D eigenvalue weighted by Gasteiger charge is -2.07. The molecule has 1 amide bonds. The van der Waals surface area contributed by atoms with Crippen LogP contribution < -0.4 is 11.1 Å². The zero-order valence-corrected chi connectivity index (χ0v) is 13.0. The zero-order chi connectivity index (χ0) is 14.7. The first-order chi connectivity index (χ1) is 9.52. The average Bonchev–Trinajstić information content (AvgIpc) is 2.94. The van der Waals surface area contributed by atoms with Crippen LogP contribution >= 0.6 is 22.9 Å². The van der Waals surface area contributed by atoms with Crippen molar-refractivity contribution >= 4 is 34.5 Å². The maximum absolute atomic E-state index is 12.2. The number of carbonyl (C=O) groups is 1. The maximum atomic E-state index is 12.2. The number of hydrogen-bond donors (Lipinski definition) is 2. The second-order valence-corrected chi connectivity index (χ2v) is 6.17. The monoisotopic (exact) mass is 312 g/mol. The number of rotatable bonds is 5. The Balaban J connectivity index is 1.98. The fourth-order valence-electron chi connectivity index (χ4n) is 1.93. The molecule has 3 N–H and O–H groups in total. The lowest BCUT2D eigenvalue weighted by molar-refractivity contribution is 0.0944. The van der Waals surface area contributed by atoms with E-state index in [1.807, 2.05) is 19.1 Å². The van der Waals surface area contributed by atoms with Gasteiger partial charge in [-0.15, -0.1) is 11.3 Å². The van der Waals surface area contributed by atoms with Crippen molar-refractivity contribution in [3.05, 3.63) is 32.7 Å². The molecule has 0 bridgehead atoms. The molecule has 0 spiro atoms. The highest BCUT2D eigenvalue weighted by Gasteiger charge is 2.18. The molecular weight excluding hydrogens is 296 g/mol. The predicted octanol–water partition coefficient (Wildman–Crippen LogP) is 2.48. The van der Waals surface area contributed by atoms with Crippen molar-refractivity contribution in [2.24, 2.45) is 0 Å². The summed E-state index contributed by atoms with van der Waals surface area (Å²) in [7, 11) is 0. The minimum atomic E-state index is -0.187. The summed E-state index contributed by atoms with van der Waals surface area (Å²) in [5, 5.41) is 7.10. The Morgan fingerprint density at radius 3 is 2.90 bits per heavy atom. The van der Waals surface area contributed by atoms with Crippen LogP contribution in [0.3, 0.4) is 0 Å². The number of aryl methyl sites for hydroxylation is 2. The first-order valence-corrected chi connectivity index (χ1v) is 7.57. The summed E-state index contributed by atoms with van der Waals surface area (Å²) in [5.41, 5.74) is 7.48. The van der Waals surface area contributed by atoms with Gasteiger partial charge in [0.2, 0.25) is 0 Å².